The summed E-state index contributed by atoms with van der Waals surface area (Å²) < 4.78 is 16.9. The number of esters is 3. The summed E-state index contributed by atoms with van der Waals surface area (Å²) in [7, 11) is 0. The number of hydrogen-bond acceptors (Lipinski definition) is 6. The Kier molecular flexibility index (Phi) is 65.8. The molecule has 0 aromatic rings. The van der Waals surface area contributed by atoms with Gasteiger partial charge in [-0.15, -0.1) is 0 Å². The molecule has 468 valence electrons. The highest BCUT2D eigenvalue weighted by Crippen LogP contribution is 2.17. The number of rotatable bonds is 62. The van der Waals surface area contributed by atoms with Gasteiger partial charge in [0.2, 0.25) is 0 Å². The highest BCUT2D eigenvalue weighted by atomic mass is 16.6. The van der Waals surface area contributed by atoms with Crippen LogP contribution in [0.2, 0.25) is 0 Å². The third-order valence-electron chi connectivity index (χ3n) is 14.7. The van der Waals surface area contributed by atoms with Gasteiger partial charge < -0.3 is 14.2 Å². The van der Waals surface area contributed by atoms with Gasteiger partial charge in [0.1, 0.15) is 13.2 Å². The molecular weight excluding hydrogens is 1010 g/mol. The molecule has 6 nitrogen and oxygen atoms in total. The predicted molar refractivity (Wildman–Crippen MR) is 357 cm³/mol. The van der Waals surface area contributed by atoms with E-state index in [-0.39, 0.29) is 31.1 Å². The van der Waals surface area contributed by atoms with Crippen molar-refractivity contribution in [3.05, 3.63) is 122 Å². The van der Waals surface area contributed by atoms with Crippen molar-refractivity contribution in [2.45, 2.75) is 329 Å². The fourth-order valence-electron chi connectivity index (χ4n) is 9.59. The van der Waals surface area contributed by atoms with Crippen molar-refractivity contribution in [1.29, 1.82) is 0 Å². The highest BCUT2D eigenvalue weighted by molar-refractivity contribution is 5.71. The second kappa shape index (κ2) is 69.3. The van der Waals surface area contributed by atoms with E-state index in [9.17, 15) is 14.4 Å². The maximum absolute atomic E-state index is 12.9. The molecule has 0 saturated heterocycles. The van der Waals surface area contributed by atoms with E-state index in [0.717, 1.165) is 135 Å². The number of carbonyl (C=O) groups is 3. The molecule has 0 aromatic heterocycles. The average Bonchev–Trinajstić information content (AvgIpc) is 3.47. The largest absolute Gasteiger partial charge is 0.462 e. The van der Waals surface area contributed by atoms with E-state index in [2.05, 4.69) is 142 Å². The minimum atomic E-state index is -0.788. The van der Waals surface area contributed by atoms with E-state index in [1.165, 1.54) is 148 Å². The lowest BCUT2D eigenvalue weighted by Gasteiger charge is -2.18. The molecule has 1 unspecified atom stereocenters. The van der Waals surface area contributed by atoms with Crippen LogP contribution in [-0.2, 0) is 28.6 Å². The van der Waals surface area contributed by atoms with Gasteiger partial charge >= 0.3 is 17.9 Å². The van der Waals surface area contributed by atoms with Crippen molar-refractivity contribution in [2.75, 3.05) is 13.2 Å². The van der Waals surface area contributed by atoms with Gasteiger partial charge in [0, 0.05) is 19.3 Å². The lowest BCUT2D eigenvalue weighted by atomic mass is 10.0. The molecule has 0 amide bonds. The fraction of sp³-hybridized carbons (Fsp3) is 0.697. The fourth-order valence-corrected chi connectivity index (χ4v) is 9.59. The summed E-state index contributed by atoms with van der Waals surface area (Å²) in [4.78, 5) is 38.3. The Morgan fingerprint density at radius 2 is 0.476 bits per heavy atom. The number of carbonyl (C=O) groups excluding carboxylic acids is 3. The lowest BCUT2D eigenvalue weighted by molar-refractivity contribution is -0.167. The van der Waals surface area contributed by atoms with Crippen molar-refractivity contribution in [3.8, 4) is 0 Å². The second-order valence-corrected chi connectivity index (χ2v) is 22.7. The summed E-state index contributed by atoms with van der Waals surface area (Å²) in [5.74, 6) is -0.896. The molecule has 0 bridgehead atoms. The Balaban J connectivity index is 4.30. The smallest absolute Gasteiger partial charge is 0.306 e. The van der Waals surface area contributed by atoms with Crippen LogP contribution in [0.15, 0.2) is 122 Å². The van der Waals surface area contributed by atoms with Crippen LogP contribution in [0.4, 0.5) is 0 Å². The van der Waals surface area contributed by atoms with Crippen molar-refractivity contribution < 1.29 is 28.6 Å². The molecule has 0 N–H and O–H groups in total. The third-order valence-corrected chi connectivity index (χ3v) is 14.7. The zero-order valence-corrected chi connectivity index (χ0v) is 53.7. The van der Waals surface area contributed by atoms with Gasteiger partial charge in [-0.05, 0) is 96.3 Å². The van der Waals surface area contributed by atoms with Crippen LogP contribution >= 0.6 is 0 Å². The first-order valence-corrected chi connectivity index (χ1v) is 34.5. The summed E-state index contributed by atoms with van der Waals surface area (Å²) >= 11 is 0. The minimum Gasteiger partial charge on any atom is -0.462 e. The number of unbranched alkanes of at least 4 members (excludes halogenated alkanes) is 31. The Morgan fingerprint density at radius 3 is 0.744 bits per heavy atom. The van der Waals surface area contributed by atoms with E-state index < -0.39 is 6.10 Å². The van der Waals surface area contributed by atoms with E-state index in [1.807, 2.05) is 0 Å². The molecule has 0 radical (unpaired) electrons. The molecule has 6 heteroatoms. The van der Waals surface area contributed by atoms with Gasteiger partial charge in [0.05, 0.1) is 0 Å². The normalized spacial score (nSPS) is 12.9. The standard InChI is InChI=1S/C76H128O6/c1-4-7-10-13-16-19-22-25-27-29-30-31-32-33-34-35-36-37-38-39-40-41-42-43-44-45-46-47-49-51-54-57-60-63-66-69-75(78)81-72-73(71-80-74(77)68-65-62-59-56-53-50-24-21-18-15-12-9-6-3)82-76(79)70-67-64-61-58-55-52-48-28-26-23-20-17-14-11-8-5-2/h7,10,16,19,25,27,30-31,33-34,36-37,39-40,42-43,45-46,49,51,73H,4-6,8-9,11-15,17-18,20-24,26,28-29,32,35,38,41,44,47-48,50,52-72H2,1-3H3/b10-7-,19-16-,27-25-,31-30-,34-33-,37-36-,40-39-,43-42-,46-45-,51-49-. The Morgan fingerprint density at radius 1 is 0.256 bits per heavy atom. The maximum Gasteiger partial charge on any atom is 0.306 e. The first kappa shape index (κ1) is 77.8. The Labute approximate surface area is 507 Å². The number of allylic oxidation sites excluding steroid dienone is 20. The summed E-state index contributed by atoms with van der Waals surface area (Å²) in [5, 5.41) is 0. The van der Waals surface area contributed by atoms with Crippen LogP contribution in [0, 0.1) is 0 Å². The van der Waals surface area contributed by atoms with E-state index in [4.69, 9.17) is 14.2 Å². The van der Waals surface area contributed by atoms with Crippen LogP contribution in [0.25, 0.3) is 0 Å². The molecule has 0 aliphatic carbocycles. The quantitative estimate of drug-likeness (QED) is 0.0261. The third kappa shape index (κ3) is 66.6. The van der Waals surface area contributed by atoms with E-state index in [0.29, 0.717) is 19.3 Å². The Bertz CT molecular complexity index is 1690. The van der Waals surface area contributed by atoms with E-state index >= 15 is 0 Å². The SMILES string of the molecule is CC/C=C\C/C=C\C/C=C\C/C=C\C/C=C\C/C=C\C/C=C\C/C=C\C/C=C\C/C=C\CCCCCCC(=O)OCC(COC(=O)CCCCCCCCCCCCCCC)OC(=O)CCCCCCCCCCCCCCCCCC. The highest BCUT2D eigenvalue weighted by Gasteiger charge is 2.19. The summed E-state index contributed by atoms with van der Waals surface area (Å²) in [6.45, 7) is 6.54. The van der Waals surface area contributed by atoms with Gasteiger partial charge in [-0.3, -0.25) is 14.4 Å². The van der Waals surface area contributed by atoms with Gasteiger partial charge in [-0.2, -0.15) is 0 Å². The monoisotopic (exact) mass is 1140 g/mol. The Hall–Kier alpha value is -4.19. The summed E-state index contributed by atoms with van der Waals surface area (Å²) in [6.07, 6.45) is 96.4. The summed E-state index contributed by atoms with van der Waals surface area (Å²) in [6, 6.07) is 0. The van der Waals surface area contributed by atoms with Crippen LogP contribution < -0.4 is 0 Å². The van der Waals surface area contributed by atoms with Crippen LogP contribution in [-0.4, -0.2) is 37.2 Å². The molecule has 0 heterocycles. The topological polar surface area (TPSA) is 78.9 Å². The molecular formula is C76H128O6. The molecule has 0 spiro atoms. The van der Waals surface area contributed by atoms with Gasteiger partial charge in [0.25, 0.3) is 0 Å². The second-order valence-electron chi connectivity index (χ2n) is 22.7. The van der Waals surface area contributed by atoms with Crippen LogP contribution in [0.5, 0.6) is 0 Å². The van der Waals surface area contributed by atoms with Crippen LogP contribution in [0.1, 0.15) is 323 Å². The van der Waals surface area contributed by atoms with Crippen molar-refractivity contribution in [3.63, 3.8) is 0 Å². The predicted octanol–water partition coefficient (Wildman–Crippen LogP) is 23.9. The first-order valence-electron chi connectivity index (χ1n) is 34.5. The van der Waals surface area contributed by atoms with Crippen molar-refractivity contribution in [2.24, 2.45) is 0 Å². The van der Waals surface area contributed by atoms with Gasteiger partial charge in [-0.25, -0.2) is 0 Å². The molecule has 0 fully saturated rings. The lowest BCUT2D eigenvalue weighted by Crippen LogP contribution is -2.30. The number of ether oxygens (including phenoxy) is 3. The average molecular weight is 1140 g/mol. The van der Waals surface area contributed by atoms with Crippen molar-refractivity contribution in [1.82, 2.24) is 0 Å². The first-order chi connectivity index (χ1) is 40.5. The molecule has 0 aromatic carbocycles. The van der Waals surface area contributed by atoms with Crippen molar-refractivity contribution >= 4 is 17.9 Å². The molecule has 0 aliphatic heterocycles. The van der Waals surface area contributed by atoms with Gasteiger partial charge in [-0.1, -0.05) is 328 Å². The zero-order valence-electron chi connectivity index (χ0n) is 53.7. The summed E-state index contributed by atoms with van der Waals surface area (Å²) in [5.41, 5.74) is 0. The van der Waals surface area contributed by atoms with Gasteiger partial charge in [0.15, 0.2) is 6.10 Å². The molecule has 0 aliphatic rings. The van der Waals surface area contributed by atoms with E-state index in [1.54, 1.807) is 0 Å². The minimum absolute atomic E-state index is 0.0826. The van der Waals surface area contributed by atoms with Crippen LogP contribution in [0.3, 0.4) is 0 Å². The maximum atomic E-state index is 12.9. The molecule has 1 atom stereocenters. The molecule has 0 rings (SSSR count). The molecule has 82 heavy (non-hydrogen) atoms. The molecule has 0 saturated carbocycles. The number of hydrogen-bond donors (Lipinski definition) is 0. The zero-order chi connectivity index (χ0) is 59.2.